The van der Waals surface area contributed by atoms with Crippen LogP contribution < -0.4 is 5.32 Å². The van der Waals surface area contributed by atoms with E-state index in [0.29, 0.717) is 4.88 Å². The minimum absolute atomic E-state index is 0.537. The molecule has 3 amide bonds. The van der Waals surface area contributed by atoms with Gasteiger partial charge in [0.15, 0.2) is 5.54 Å². The number of aliphatic carboxylic acids is 1. The number of urea groups is 1. The summed E-state index contributed by atoms with van der Waals surface area (Å²) in [5.41, 5.74) is -1.17. The van der Waals surface area contributed by atoms with Gasteiger partial charge in [-0.05, 0) is 25.3 Å². The molecule has 1 saturated heterocycles. The Morgan fingerprint density at radius 2 is 2.22 bits per heavy atom. The molecule has 18 heavy (non-hydrogen) atoms. The summed E-state index contributed by atoms with van der Waals surface area (Å²) in [4.78, 5) is 36.4. The average Bonchev–Trinajstić information content (AvgIpc) is 2.88. The molecule has 1 aromatic rings. The first-order chi connectivity index (χ1) is 8.38. The van der Waals surface area contributed by atoms with E-state index >= 15 is 0 Å². The van der Waals surface area contributed by atoms with Gasteiger partial charge in [0.2, 0.25) is 0 Å². The van der Waals surface area contributed by atoms with E-state index in [9.17, 15) is 14.4 Å². The zero-order valence-electron chi connectivity index (χ0n) is 9.84. The molecule has 1 aliphatic rings. The molecule has 0 saturated carbocycles. The molecule has 1 fully saturated rings. The number of carboxylic acid groups (broad SMARTS) is 1. The first kappa shape index (κ1) is 12.6. The number of nitrogens with zero attached hydrogens (tertiary/aromatic N) is 1. The van der Waals surface area contributed by atoms with Crippen LogP contribution in [0.2, 0.25) is 0 Å². The topological polar surface area (TPSA) is 86.7 Å². The number of carbonyl (C=O) groups excluding carboxylic acids is 2. The summed E-state index contributed by atoms with van der Waals surface area (Å²) in [6.45, 7) is 2.88. The van der Waals surface area contributed by atoms with Gasteiger partial charge in [0.25, 0.3) is 5.91 Å². The third-order valence-corrected chi connectivity index (χ3v) is 4.07. The van der Waals surface area contributed by atoms with Crippen molar-refractivity contribution in [3.8, 4) is 0 Å². The van der Waals surface area contributed by atoms with E-state index < -0.39 is 29.5 Å². The lowest BCUT2D eigenvalue weighted by molar-refractivity contribution is -0.147. The molecule has 2 unspecified atom stereocenters. The third-order valence-electron chi connectivity index (χ3n) is 2.98. The number of thiophene rings is 1. The summed E-state index contributed by atoms with van der Waals surface area (Å²) >= 11 is 1.34. The van der Waals surface area contributed by atoms with Crippen LogP contribution >= 0.6 is 11.3 Å². The number of carboxylic acids is 1. The van der Waals surface area contributed by atoms with Gasteiger partial charge in [-0.3, -0.25) is 4.79 Å². The monoisotopic (exact) mass is 268 g/mol. The van der Waals surface area contributed by atoms with Crippen molar-refractivity contribution in [1.29, 1.82) is 0 Å². The van der Waals surface area contributed by atoms with Gasteiger partial charge < -0.3 is 10.4 Å². The maximum absolute atomic E-state index is 12.3. The summed E-state index contributed by atoms with van der Waals surface area (Å²) in [6.07, 6.45) is 0. The summed E-state index contributed by atoms with van der Waals surface area (Å²) in [6, 6.07) is 1.65. The number of carbonyl (C=O) groups is 3. The molecule has 0 spiro atoms. The largest absolute Gasteiger partial charge is 0.480 e. The van der Waals surface area contributed by atoms with Crippen LogP contribution in [0.15, 0.2) is 17.5 Å². The number of imide groups is 1. The minimum Gasteiger partial charge on any atom is -0.480 e. The Morgan fingerprint density at radius 3 is 2.72 bits per heavy atom. The maximum atomic E-state index is 12.3. The zero-order chi connectivity index (χ0) is 13.5. The quantitative estimate of drug-likeness (QED) is 0.800. The number of hydrogen-bond donors (Lipinski definition) is 2. The molecule has 0 aliphatic carbocycles. The lowest BCUT2D eigenvalue weighted by Gasteiger charge is -2.21. The fourth-order valence-corrected chi connectivity index (χ4v) is 2.69. The second-order valence-corrected chi connectivity index (χ2v) is 5.17. The molecule has 7 heteroatoms. The molecule has 2 heterocycles. The van der Waals surface area contributed by atoms with E-state index in [-0.39, 0.29) is 0 Å². The second-order valence-electron chi connectivity index (χ2n) is 4.22. The van der Waals surface area contributed by atoms with E-state index in [1.165, 1.54) is 18.3 Å². The first-order valence-electron chi connectivity index (χ1n) is 5.30. The van der Waals surface area contributed by atoms with Crippen molar-refractivity contribution < 1.29 is 19.5 Å². The number of hydrogen-bond acceptors (Lipinski definition) is 4. The van der Waals surface area contributed by atoms with Crippen LogP contribution in [0.25, 0.3) is 0 Å². The molecule has 0 aromatic carbocycles. The summed E-state index contributed by atoms with van der Waals surface area (Å²) in [7, 11) is 0. The molecular weight excluding hydrogens is 256 g/mol. The van der Waals surface area contributed by atoms with Crippen molar-refractivity contribution in [3.05, 3.63) is 22.4 Å². The van der Waals surface area contributed by atoms with Gasteiger partial charge in [0.1, 0.15) is 6.04 Å². The maximum Gasteiger partial charge on any atom is 0.326 e. The van der Waals surface area contributed by atoms with Crippen LogP contribution in [-0.4, -0.2) is 34.0 Å². The molecule has 1 aliphatic heterocycles. The second kappa shape index (κ2) is 4.09. The van der Waals surface area contributed by atoms with Gasteiger partial charge in [0.05, 0.1) is 0 Å². The summed E-state index contributed by atoms with van der Waals surface area (Å²) in [5.74, 6) is -1.75. The van der Waals surface area contributed by atoms with Crippen molar-refractivity contribution >= 4 is 29.2 Å². The number of rotatable bonds is 3. The van der Waals surface area contributed by atoms with E-state index in [1.807, 2.05) is 0 Å². The van der Waals surface area contributed by atoms with Gasteiger partial charge in [-0.25, -0.2) is 14.5 Å². The van der Waals surface area contributed by atoms with Crippen molar-refractivity contribution in [2.24, 2.45) is 0 Å². The Kier molecular flexibility index (Phi) is 2.86. The molecule has 2 atom stereocenters. The molecule has 0 bridgehead atoms. The van der Waals surface area contributed by atoms with Crippen LogP contribution in [0.5, 0.6) is 0 Å². The number of nitrogens with one attached hydrogen (secondary N) is 1. The molecule has 2 rings (SSSR count). The van der Waals surface area contributed by atoms with Crippen LogP contribution in [0.3, 0.4) is 0 Å². The molecule has 0 radical (unpaired) electrons. The lowest BCUT2D eigenvalue weighted by Crippen LogP contribution is -2.45. The Labute approximate surface area is 107 Å². The standard InChI is InChI=1S/C11H12N2O4S/c1-6(8(14)15)13-9(16)11(2,12-10(13)17)7-4-3-5-18-7/h3-6H,1-2H3,(H,12,17)(H,14,15). The van der Waals surface area contributed by atoms with E-state index in [4.69, 9.17) is 5.11 Å². The van der Waals surface area contributed by atoms with Gasteiger partial charge in [-0.2, -0.15) is 0 Å². The average molecular weight is 268 g/mol. The highest BCUT2D eigenvalue weighted by Crippen LogP contribution is 2.32. The summed E-state index contributed by atoms with van der Waals surface area (Å²) in [5, 5.41) is 13.3. The normalized spacial score (nSPS) is 25.1. The van der Waals surface area contributed by atoms with Crippen molar-refractivity contribution in [1.82, 2.24) is 10.2 Å². The third kappa shape index (κ3) is 1.67. The van der Waals surface area contributed by atoms with Gasteiger partial charge in [-0.15, -0.1) is 11.3 Å². The van der Waals surface area contributed by atoms with E-state index in [1.54, 1.807) is 24.4 Å². The predicted octanol–water partition coefficient (Wildman–Crippen LogP) is 0.988. The smallest absolute Gasteiger partial charge is 0.326 e. The van der Waals surface area contributed by atoms with Crippen molar-refractivity contribution in [3.63, 3.8) is 0 Å². The Hall–Kier alpha value is -1.89. The van der Waals surface area contributed by atoms with Crippen molar-refractivity contribution in [2.45, 2.75) is 25.4 Å². The molecular formula is C11H12N2O4S. The van der Waals surface area contributed by atoms with Crippen LogP contribution in [0.4, 0.5) is 4.79 Å². The van der Waals surface area contributed by atoms with E-state index in [0.717, 1.165) is 4.90 Å². The van der Waals surface area contributed by atoms with Crippen LogP contribution in [0, 0.1) is 0 Å². The van der Waals surface area contributed by atoms with Gasteiger partial charge in [-0.1, -0.05) is 6.07 Å². The Bertz CT molecular complexity index is 513. The predicted molar refractivity (Wildman–Crippen MR) is 64.1 cm³/mol. The molecule has 6 nitrogen and oxygen atoms in total. The van der Waals surface area contributed by atoms with Gasteiger partial charge in [0, 0.05) is 4.88 Å². The summed E-state index contributed by atoms with van der Waals surface area (Å²) < 4.78 is 0. The van der Waals surface area contributed by atoms with Crippen molar-refractivity contribution in [2.75, 3.05) is 0 Å². The SMILES string of the molecule is CC(C(=O)O)N1C(=O)NC(C)(c2cccs2)C1=O. The Balaban J connectivity index is 2.38. The first-order valence-corrected chi connectivity index (χ1v) is 6.18. The highest BCUT2D eigenvalue weighted by atomic mass is 32.1. The van der Waals surface area contributed by atoms with E-state index in [2.05, 4.69) is 5.32 Å². The van der Waals surface area contributed by atoms with Crippen LogP contribution in [-0.2, 0) is 15.1 Å². The number of amides is 3. The molecule has 1 aromatic heterocycles. The Morgan fingerprint density at radius 1 is 1.56 bits per heavy atom. The van der Waals surface area contributed by atoms with Crippen LogP contribution in [0.1, 0.15) is 18.7 Å². The zero-order valence-corrected chi connectivity index (χ0v) is 10.7. The lowest BCUT2D eigenvalue weighted by atomic mass is 10.0. The fourth-order valence-electron chi connectivity index (χ4n) is 1.85. The molecule has 96 valence electrons. The minimum atomic E-state index is -1.21. The highest BCUT2D eigenvalue weighted by Gasteiger charge is 2.52. The fraction of sp³-hybridized carbons (Fsp3) is 0.364. The van der Waals surface area contributed by atoms with Gasteiger partial charge >= 0.3 is 12.0 Å². The molecule has 2 N–H and O–H groups in total. The highest BCUT2D eigenvalue weighted by molar-refractivity contribution is 7.10.